The van der Waals surface area contributed by atoms with Gasteiger partial charge in [-0.3, -0.25) is 14.4 Å². The van der Waals surface area contributed by atoms with Crippen LogP contribution in [0.5, 0.6) is 11.5 Å². The summed E-state index contributed by atoms with van der Waals surface area (Å²) in [6.45, 7) is 1.92. The normalized spacial score (nSPS) is 23.5. The van der Waals surface area contributed by atoms with Crippen molar-refractivity contribution in [2.45, 2.75) is 18.8 Å². The molecule has 3 amide bonds. The molecular formula is C34H28N2O5. The summed E-state index contributed by atoms with van der Waals surface area (Å²) >= 11 is 0. The summed E-state index contributed by atoms with van der Waals surface area (Å²) in [6, 6.07) is 28.1. The minimum Gasteiger partial charge on any atom is -0.497 e. The molecule has 4 aliphatic rings. The van der Waals surface area contributed by atoms with Crippen LogP contribution in [0, 0.1) is 11.3 Å². The molecule has 0 unspecified atom stereocenters. The molecule has 3 aliphatic carbocycles. The molecule has 4 aromatic carbocycles. The number of nitrogens with zero attached hydrogens (tertiary/aromatic N) is 1. The van der Waals surface area contributed by atoms with Crippen molar-refractivity contribution in [1.29, 1.82) is 0 Å². The number of nitrogens with one attached hydrogen (secondary N) is 1. The highest BCUT2D eigenvalue weighted by molar-refractivity contribution is 6.27. The van der Waals surface area contributed by atoms with Crippen molar-refractivity contribution in [3.63, 3.8) is 0 Å². The van der Waals surface area contributed by atoms with E-state index in [0.717, 1.165) is 22.3 Å². The molecule has 1 heterocycles. The van der Waals surface area contributed by atoms with Crippen LogP contribution in [-0.4, -0.2) is 31.9 Å². The zero-order chi connectivity index (χ0) is 28.5. The molecule has 1 fully saturated rings. The van der Waals surface area contributed by atoms with E-state index in [1.165, 1.54) is 12.0 Å². The first-order valence-electron chi connectivity index (χ1n) is 13.6. The molecule has 0 aromatic heterocycles. The van der Waals surface area contributed by atoms with E-state index in [-0.39, 0.29) is 34.9 Å². The van der Waals surface area contributed by atoms with Crippen molar-refractivity contribution in [3.05, 3.63) is 119 Å². The molecule has 7 heteroatoms. The lowest BCUT2D eigenvalue weighted by molar-refractivity contribution is -0.128. The molecule has 204 valence electrons. The number of amides is 3. The number of imide groups is 1. The van der Waals surface area contributed by atoms with Crippen molar-refractivity contribution in [2.24, 2.45) is 11.3 Å². The quantitative estimate of drug-likeness (QED) is 0.324. The molecule has 1 saturated heterocycles. The van der Waals surface area contributed by atoms with Gasteiger partial charge in [0.15, 0.2) is 0 Å². The van der Waals surface area contributed by atoms with Crippen LogP contribution in [0.25, 0.3) is 0 Å². The molecule has 0 radical (unpaired) electrons. The predicted molar refractivity (Wildman–Crippen MR) is 155 cm³/mol. The number of para-hydroxylation sites is 1. The predicted octanol–water partition coefficient (Wildman–Crippen LogP) is 5.74. The molecule has 4 aromatic rings. The number of ether oxygens (including phenoxy) is 2. The van der Waals surface area contributed by atoms with Crippen LogP contribution in [-0.2, 0) is 9.59 Å². The van der Waals surface area contributed by atoms with Gasteiger partial charge in [0.25, 0.3) is 5.91 Å². The Morgan fingerprint density at radius 3 is 2.05 bits per heavy atom. The van der Waals surface area contributed by atoms with Gasteiger partial charge in [-0.2, -0.15) is 0 Å². The molecule has 1 N–H and O–H groups in total. The third-order valence-electron chi connectivity index (χ3n) is 9.06. The smallest absolute Gasteiger partial charge is 0.257 e. The van der Waals surface area contributed by atoms with Gasteiger partial charge in [-0.1, -0.05) is 60.7 Å². The average molecular weight is 545 g/mol. The van der Waals surface area contributed by atoms with Gasteiger partial charge in [0, 0.05) is 17.9 Å². The molecule has 1 aliphatic heterocycles. The number of hydrogen-bond acceptors (Lipinski definition) is 5. The largest absolute Gasteiger partial charge is 0.497 e. The lowest BCUT2D eigenvalue weighted by Gasteiger charge is -2.51. The van der Waals surface area contributed by atoms with Crippen LogP contribution in [0.3, 0.4) is 0 Å². The van der Waals surface area contributed by atoms with Crippen molar-refractivity contribution in [3.8, 4) is 11.5 Å². The maximum Gasteiger partial charge on any atom is 0.257 e. The molecule has 41 heavy (non-hydrogen) atoms. The van der Waals surface area contributed by atoms with E-state index in [1.807, 2.05) is 31.2 Å². The molecule has 2 bridgehead atoms. The summed E-state index contributed by atoms with van der Waals surface area (Å²) < 4.78 is 10.7. The summed E-state index contributed by atoms with van der Waals surface area (Å²) in [7, 11) is 3.06. The summed E-state index contributed by atoms with van der Waals surface area (Å²) in [4.78, 5) is 43.9. The van der Waals surface area contributed by atoms with Crippen molar-refractivity contribution < 1.29 is 23.9 Å². The van der Waals surface area contributed by atoms with Gasteiger partial charge in [-0.25, -0.2) is 4.90 Å². The van der Waals surface area contributed by atoms with Crippen LogP contribution in [0.1, 0.15) is 51.4 Å². The molecule has 0 saturated carbocycles. The number of rotatable bonds is 5. The number of anilines is 2. The highest BCUT2D eigenvalue weighted by Gasteiger charge is 2.69. The number of benzene rings is 4. The van der Waals surface area contributed by atoms with E-state index in [2.05, 4.69) is 29.6 Å². The Hall–Kier alpha value is -4.91. The van der Waals surface area contributed by atoms with E-state index < -0.39 is 17.2 Å². The van der Waals surface area contributed by atoms with E-state index in [9.17, 15) is 14.4 Å². The Balaban J connectivity index is 1.32. The Morgan fingerprint density at radius 1 is 0.805 bits per heavy atom. The van der Waals surface area contributed by atoms with Crippen molar-refractivity contribution in [2.75, 3.05) is 24.4 Å². The molecule has 8 rings (SSSR count). The summed E-state index contributed by atoms with van der Waals surface area (Å²) in [5, 5.41) is 2.88. The fourth-order valence-corrected chi connectivity index (χ4v) is 7.30. The second kappa shape index (κ2) is 9.06. The first-order chi connectivity index (χ1) is 19.9. The molecule has 2 atom stereocenters. The number of hydrogen-bond donors (Lipinski definition) is 1. The van der Waals surface area contributed by atoms with E-state index in [1.54, 1.807) is 49.6 Å². The highest BCUT2D eigenvalue weighted by atomic mass is 16.5. The van der Waals surface area contributed by atoms with Gasteiger partial charge < -0.3 is 14.8 Å². The maximum atomic E-state index is 14.5. The zero-order valence-corrected chi connectivity index (χ0v) is 22.9. The Bertz CT molecular complexity index is 1720. The summed E-state index contributed by atoms with van der Waals surface area (Å²) in [6.07, 6.45) is 0. The minimum atomic E-state index is -0.993. The maximum absolute atomic E-state index is 14.5. The van der Waals surface area contributed by atoms with E-state index >= 15 is 0 Å². The standard InChI is InChI=1S/C34H28N2O5/c1-34-29-22-12-6-4-10-20(22)28(21-11-5-7-13-23(21)29)30(34)32(38)36(33(34)39)26-15-9-8-14-24(26)31(37)35-25-17-16-19(40-2)18-27(25)41-3/h4-18,28-30H,1-3H3,(H,35,37)/t28?,29?,30-,34+/m0/s1. The monoisotopic (exact) mass is 544 g/mol. The van der Waals surface area contributed by atoms with Gasteiger partial charge in [-0.05, 0) is 53.4 Å². The summed E-state index contributed by atoms with van der Waals surface area (Å²) in [5.41, 5.74) is 4.32. The number of carbonyl (C=O) groups excluding carboxylic acids is 3. The lowest BCUT2D eigenvalue weighted by atomic mass is 9.48. The van der Waals surface area contributed by atoms with E-state index in [0.29, 0.717) is 17.2 Å². The van der Waals surface area contributed by atoms with Gasteiger partial charge in [-0.15, -0.1) is 0 Å². The van der Waals surface area contributed by atoms with Crippen LogP contribution < -0.4 is 19.7 Å². The molecular weight excluding hydrogens is 516 g/mol. The average Bonchev–Trinajstić information content (AvgIpc) is 3.22. The fraction of sp³-hybridized carbons (Fsp3) is 0.206. The Kier molecular flexibility index (Phi) is 5.54. The van der Waals surface area contributed by atoms with Gasteiger partial charge in [0.05, 0.1) is 42.5 Å². The number of carbonyl (C=O) groups is 3. The first kappa shape index (κ1) is 25.1. The third-order valence-corrected chi connectivity index (χ3v) is 9.06. The highest BCUT2D eigenvalue weighted by Crippen LogP contribution is 2.67. The van der Waals surface area contributed by atoms with Gasteiger partial charge in [0.2, 0.25) is 11.8 Å². The van der Waals surface area contributed by atoms with E-state index in [4.69, 9.17) is 9.47 Å². The van der Waals surface area contributed by atoms with Crippen LogP contribution in [0.4, 0.5) is 11.4 Å². The van der Waals surface area contributed by atoms with Crippen LogP contribution in [0.2, 0.25) is 0 Å². The zero-order valence-electron chi connectivity index (χ0n) is 22.9. The topological polar surface area (TPSA) is 84.9 Å². The molecule has 0 spiro atoms. The fourth-order valence-electron chi connectivity index (χ4n) is 7.30. The second-order valence-electron chi connectivity index (χ2n) is 10.9. The second-order valence-corrected chi connectivity index (χ2v) is 10.9. The van der Waals surface area contributed by atoms with Gasteiger partial charge in [0.1, 0.15) is 11.5 Å². The first-order valence-corrected chi connectivity index (χ1v) is 13.6. The van der Waals surface area contributed by atoms with Crippen molar-refractivity contribution >= 4 is 29.1 Å². The van der Waals surface area contributed by atoms with Crippen molar-refractivity contribution in [1.82, 2.24) is 0 Å². The Morgan fingerprint density at radius 2 is 1.41 bits per heavy atom. The van der Waals surface area contributed by atoms with Crippen LogP contribution >= 0.6 is 0 Å². The Labute approximate surface area is 237 Å². The van der Waals surface area contributed by atoms with Crippen LogP contribution in [0.15, 0.2) is 91.0 Å². The number of methoxy groups -OCH3 is 2. The minimum absolute atomic E-state index is 0.219. The summed E-state index contributed by atoms with van der Waals surface area (Å²) in [5.74, 6) is -1.11. The van der Waals surface area contributed by atoms with Gasteiger partial charge >= 0.3 is 0 Å². The molecule has 7 nitrogen and oxygen atoms in total. The lowest BCUT2D eigenvalue weighted by Crippen LogP contribution is -2.49. The SMILES string of the molecule is COc1ccc(NC(=O)c2ccccc2N2C(=O)[C@@H]3C4c5ccccc5C(c5ccccc54)[C@@]3(C)C2=O)c(OC)c1. The third kappa shape index (κ3) is 3.35.